The zero-order chi connectivity index (χ0) is 19.1. The molecule has 0 fully saturated rings. The smallest absolute Gasteiger partial charge is 0.335 e. The minimum atomic E-state index is -1.69. The van der Waals surface area contributed by atoms with Gasteiger partial charge >= 0.3 is 11.9 Å². The van der Waals surface area contributed by atoms with E-state index < -0.39 is 24.1 Å². The van der Waals surface area contributed by atoms with Crippen LogP contribution in [0.1, 0.15) is 15.9 Å². The average molecular weight is 358 g/mol. The van der Waals surface area contributed by atoms with E-state index in [1.807, 2.05) is 0 Å². The first-order valence-electron chi connectivity index (χ1n) is 7.66. The van der Waals surface area contributed by atoms with Crippen molar-refractivity contribution in [2.75, 3.05) is 5.32 Å². The van der Waals surface area contributed by atoms with E-state index in [0.717, 1.165) is 0 Å². The fourth-order valence-electron chi connectivity index (χ4n) is 2.18. The number of ether oxygens (including phenoxy) is 1. The number of amides is 1. The van der Waals surface area contributed by atoms with Crippen LogP contribution < -0.4 is 11.1 Å². The summed E-state index contributed by atoms with van der Waals surface area (Å²) in [7, 11) is 0. The van der Waals surface area contributed by atoms with Crippen LogP contribution in [0.3, 0.4) is 0 Å². The Morgan fingerprint density at radius 3 is 2.31 bits per heavy atom. The summed E-state index contributed by atoms with van der Waals surface area (Å²) in [5.74, 6) is -3.23. The van der Waals surface area contributed by atoms with Gasteiger partial charge in [-0.3, -0.25) is 9.59 Å². The first kappa shape index (κ1) is 19.1. The van der Waals surface area contributed by atoms with Gasteiger partial charge in [-0.15, -0.1) is 0 Å². The number of carboxylic acid groups (broad SMARTS) is 2. The highest BCUT2D eigenvalue weighted by molar-refractivity contribution is 6.04. The van der Waals surface area contributed by atoms with Gasteiger partial charge in [-0.05, 0) is 29.8 Å². The summed E-state index contributed by atoms with van der Waals surface area (Å²) in [6.07, 6.45) is -1.69. The van der Waals surface area contributed by atoms with Gasteiger partial charge in [0.25, 0.3) is 5.91 Å². The number of benzene rings is 2. The molecule has 0 radical (unpaired) electrons. The molecular formula is C18H18N2O6. The second-order valence-corrected chi connectivity index (χ2v) is 5.45. The molecule has 0 spiro atoms. The summed E-state index contributed by atoms with van der Waals surface area (Å²) in [4.78, 5) is 34.1. The number of carbonyl (C=O) groups excluding carboxylic acids is 1. The third kappa shape index (κ3) is 5.13. The van der Waals surface area contributed by atoms with Crippen LogP contribution in [-0.2, 0) is 20.9 Å². The van der Waals surface area contributed by atoms with E-state index in [1.54, 1.807) is 54.6 Å². The first-order chi connectivity index (χ1) is 12.4. The van der Waals surface area contributed by atoms with Gasteiger partial charge in [0.1, 0.15) is 6.04 Å². The Kier molecular flexibility index (Phi) is 6.42. The second kappa shape index (κ2) is 8.75. The zero-order valence-corrected chi connectivity index (χ0v) is 13.7. The molecule has 5 N–H and O–H groups in total. The molecule has 26 heavy (non-hydrogen) atoms. The Morgan fingerprint density at radius 2 is 1.69 bits per heavy atom. The summed E-state index contributed by atoms with van der Waals surface area (Å²) >= 11 is 0. The maximum atomic E-state index is 12.1. The number of anilines is 1. The third-order valence-electron chi connectivity index (χ3n) is 3.51. The molecule has 0 aliphatic rings. The maximum absolute atomic E-state index is 12.1. The molecule has 136 valence electrons. The fourth-order valence-corrected chi connectivity index (χ4v) is 2.18. The maximum Gasteiger partial charge on any atom is 0.335 e. The summed E-state index contributed by atoms with van der Waals surface area (Å²) < 4.78 is 5.14. The highest BCUT2D eigenvalue weighted by Gasteiger charge is 2.31. The van der Waals surface area contributed by atoms with Crippen LogP contribution in [0, 0.1) is 0 Å². The molecule has 1 amide bonds. The number of hydrogen-bond donors (Lipinski definition) is 4. The standard InChI is InChI=1S/C18H18N2O6/c19-14(17(22)23)15(18(24)25)26-10-11-5-4-8-13(9-11)20-16(21)12-6-2-1-3-7-12/h1-9,14-15H,10,19H2,(H,20,21)(H,22,23)(H,24,25). The van der Waals surface area contributed by atoms with Crippen molar-refractivity contribution < 1.29 is 29.3 Å². The predicted molar refractivity (Wildman–Crippen MR) is 92.7 cm³/mol. The first-order valence-corrected chi connectivity index (χ1v) is 7.66. The number of nitrogens with one attached hydrogen (secondary N) is 1. The van der Waals surface area contributed by atoms with E-state index in [9.17, 15) is 14.4 Å². The summed E-state index contributed by atoms with van der Waals surface area (Å²) in [6.45, 7) is -0.174. The van der Waals surface area contributed by atoms with Gasteiger partial charge in [-0.2, -0.15) is 0 Å². The molecule has 0 aliphatic heterocycles. The molecule has 2 aromatic rings. The lowest BCUT2D eigenvalue weighted by Gasteiger charge is -2.17. The number of nitrogens with two attached hydrogens (primary N) is 1. The Hall–Kier alpha value is -3.23. The van der Waals surface area contributed by atoms with Gasteiger partial charge in [0.15, 0.2) is 6.10 Å². The zero-order valence-electron chi connectivity index (χ0n) is 13.7. The van der Waals surface area contributed by atoms with Gasteiger partial charge in [0.2, 0.25) is 0 Å². The summed E-state index contributed by atoms with van der Waals surface area (Å²) in [5.41, 5.74) is 6.87. The molecule has 0 saturated carbocycles. The molecule has 2 unspecified atom stereocenters. The molecule has 2 atom stereocenters. The van der Waals surface area contributed by atoms with Crippen molar-refractivity contribution in [2.24, 2.45) is 5.73 Å². The Labute approximate surface area is 149 Å². The van der Waals surface area contributed by atoms with Gasteiger partial charge in [-0.1, -0.05) is 30.3 Å². The number of hydrogen-bond acceptors (Lipinski definition) is 5. The predicted octanol–water partition coefficient (Wildman–Crippen LogP) is 1.32. The topological polar surface area (TPSA) is 139 Å². The van der Waals surface area contributed by atoms with Crippen molar-refractivity contribution in [3.05, 3.63) is 65.7 Å². The molecule has 8 nitrogen and oxygen atoms in total. The van der Waals surface area contributed by atoms with E-state index in [1.165, 1.54) is 0 Å². The molecule has 2 aromatic carbocycles. The van der Waals surface area contributed by atoms with Gasteiger partial charge in [0, 0.05) is 11.3 Å². The Balaban J connectivity index is 2.03. The fraction of sp³-hybridized carbons (Fsp3) is 0.167. The van der Waals surface area contributed by atoms with Crippen LogP contribution in [-0.4, -0.2) is 40.2 Å². The monoisotopic (exact) mass is 358 g/mol. The lowest BCUT2D eigenvalue weighted by atomic mass is 10.1. The quantitative estimate of drug-likeness (QED) is 0.558. The Bertz CT molecular complexity index is 793. The molecular weight excluding hydrogens is 340 g/mol. The molecule has 0 heterocycles. The highest BCUT2D eigenvalue weighted by Crippen LogP contribution is 2.14. The SMILES string of the molecule is NC(C(=O)O)C(OCc1cccc(NC(=O)c2ccccc2)c1)C(=O)O. The van der Waals surface area contributed by atoms with Gasteiger partial charge in [0.05, 0.1) is 6.61 Å². The van der Waals surface area contributed by atoms with Crippen molar-refractivity contribution >= 4 is 23.5 Å². The largest absolute Gasteiger partial charge is 0.480 e. The lowest BCUT2D eigenvalue weighted by molar-refractivity contribution is -0.159. The van der Waals surface area contributed by atoms with Crippen molar-refractivity contribution in [3.63, 3.8) is 0 Å². The third-order valence-corrected chi connectivity index (χ3v) is 3.51. The van der Waals surface area contributed by atoms with Crippen molar-refractivity contribution in [1.29, 1.82) is 0 Å². The Morgan fingerprint density at radius 1 is 1.00 bits per heavy atom. The number of aliphatic carboxylic acids is 2. The minimum Gasteiger partial charge on any atom is -0.480 e. The highest BCUT2D eigenvalue weighted by atomic mass is 16.5. The summed E-state index contributed by atoms with van der Waals surface area (Å²) in [5, 5.41) is 20.6. The molecule has 0 aromatic heterocycles. The van der Waals surface area contributed by atoms with E-state index >= 15 is 0 Å². The van der Waals surface area contributed by atoms with Crippen LogP contribution in [0.5, 0.6) is 0 Å². The number of rotatable bonds is 8. The van der Waals surface area contributed by atoms with Crippen LogP contribution in [0.4, 0.5) is 5.69 Å². The molecule has 0 bridgehead atoms. The van der Waals surface area contributed by atoms with E-state index in [4.69, 9.17) is 20.7 Å². The second-order valence-electron chi connectivity index (χ2n) is 5.45. The molecule has 0 aliphatic carbocycles. The number of carboxylic acids is 2. The number of carbonyl (C=O) groups is 3. The van der Waals surface area contributed by atoms with Gasteiger partial charge < -0.3 is 26.0 Å². The molecule has 0 saturated heterocycles. The van der Waals surface area contributed by atoms with E-state index in [0.29, 0.717) is 16.8 Å². The van der Waals surface area contributed by atoms with Crippen molar-refractivity contribution in [3.8, 4) is 0 Å². The van der Waals surface area contributed by atoms with E-state index in [2.05, 4.69) is 5.32 Å². The van der Waals surface area contributed by atoms with Crippen LogP contribution in [0.2, 0.25) is 0 Å². The van der Waals surface area contributed by atoms with E-state index in [-0.39, 0.29) is 12.5 Å². The van der Waals surface area contributed by atoms with Crippen molar-refractivity contribution in [2.45, 2.75) is 18.8 Å². The lowest BCUT2D eigenvalue weighted by Crippen LogP contribution is -2.47. The summed E-state index contributed by atoms with van der Waals surface area (Å²) in [6, 6.07) is 13.5. The van der Waals surface area contributed by atoms with Crippen LogP contribution in [0.15, 0.2) is 54.6 Å². The van der Waals surface area contributed by atoms with Crippen LogP contribution >= 0.6 is 0 Å². The van der Waals surface area contributed by atoms with Crippen molar-refractivity contribution in [1.82, 2.24) is 0 Å². The van der Waals surface area contributed by atoms with Gasteiger partial charge in [-0.25, -0.2) is 4.79 Å². The average Bonchev–Trinajstić information content (AvgIpc) is 2.62. The molecule has 2 rings (SSSR count). The van der Waals surface area contributed by atoms with Crippen LogP contribution in [0.25, 0.3) is 0 Å². The minimum absolute atomic E-state index is 0.174. The normalized spacial score (nSPS) is 12.8. The molecule has 8 heteroatoms.